The van der Waals surface area contributed by atoms with Gasteiger partial charge in [0, 0.05) is 33.2 Å². The third-order valence-corrected chi connectivity index (χ3v) is 6.60. The molecule has 0 aromatic carbocycles. The summed E-state index contributed by atoms with van der Waals surface area (Å²) in [5, 5.41) is 4.22. The predicted octanol–water partition coefficient (Wildman–Crippen LogP) is 2.16. The van der Waals surface area contributed by atoms with Crippen LogP contribution in [0.5, 0.6) is 0 Å². The van der Waals surface area contributed by atoms with Crippen LogP contribution in [0.2, 0.25) is 0 Å². The van der Waals surface area contributed by atoms with Gasteiger partial charge in [0.2, 0.25) is 11.8 Å². The Balaban J connectivity index is 1.54. The summed E-state index contributed by atoms with van der Waals surface area (Å²) in [6, 6.07) is 0.217. The van der Waals surface area contributed by atoms with Gasteiger partial charge in [-0.1, -0.05) is 13.8 Å². The van der Waals surface area contributed by atoms with Crippen molar-refractivity contribution in [3.63, 3.8) is 0 Å². The molecule has 0 radical (unpaired) electrons. The number of likely N-dealkylation sites (N-methyl/N-ethyl adjacent to an activating group) is 1. The van der Waals surface area contributed by atoms with Crippen LogP contribution < -0.4 is 0 Å². The summed E-state index contributed by atoms with van der Waals surface area (Å²) in [7, 11) is 3.77. The zero-order chi connectivity index (χ0) is 19.1. The van der Waals surface area contributed by atoms with Gasteiger partial charge >= 0.3 is 0 Å². The molecule has 144 valence electrons. The van der Waals surface area contributed by atoms with Crippen molar-refractivity contribution in [3.05, 3.63) is 17.5 Å². The minimum Gasteiger partial charge on any atom is -0.342 e. The fourth-order valence-electron chi connectivity index (χ4n) is 4.24. The van der Waals surface area contributed by atoms with Gasteiger partial charge in [-0.3, -0.25) is 14.3 Å². The van der Waals surface area contributed by atoms with Crippen molar-refractivity contribution in [2.75, 3.05) is 20.1 Å². The molecule has 1 aliphatic heterocycles. The minimum atomic E-state index is -0.0916. The van der Waals surface area contributed by atoms with E-state index in [-0.39, 0.29) is 17.4 Å². The zero-order valence-electron chi connectivity index (χ0n) is 16.8. The van der Waals surface area contributed by atoms with Gasteiger partial charge in [0.15, 0.2) is 0 Å². The van der Waals surface area contributed by atoms with E-state index in [2.05, 4.69) is 18.9 Å². The molecule has 3 rings (SSSR count). The highest BCUT2D eigenvalue weighted by molar-refractivity contribution is 5.85. The number of aromatic nitrogens is 2. The number of amides is 2. The number of carbonyl (C=O) groups excluding carboxylic acids is 2. The summed E-state index contributed by atoms with van der Waals surface area (Å²) in [5.74, 6) is 0.881. The van der Waals surface area contributed by atoms with Crippen molar-refractivity contribution >= 4 is 11.8 Å². The van der Waals surface area contributed by atoms with Crippen LogP contribution in [-0.4, -0.2) is 57.6 Å². The summed E-state index contributed by atoms with van der Waals surface area (Å²) >= 11 is 0. The van der Waals surface area contributed by atoms with Crippen LogP contribution in [0.3, 0.4) is 0 Å². The molecule has 6 nitrogen and oxygen atoms in total. The van der Waals surface area contributed by atoms with Gasteiger partial charge in [-0.2, -0.15) is 5.10 Å². The largest absolute Gasteiger partial charge is 0.342 e. The second-order valence-electron chi connectivity index (χ2n) is 8.41. The van der Waals surface area contributed by atoms with E-state index in [9.17, 15) is 9.59 Å². The highest BCUT2D eigenvalue weighted by Crippen LogP contribution is 2.53. The highest BCUT2D eigenvalue weighted by Gasteiger charge is 2.54. The van der Waals surface area contributed by atoms with E-state index >= 15 is 0 Å². The van der Waals surface area contributed by atoms with E-state index in [1.54, 1.807) is 10.9 Å². The summed E-state index contributed by atoms with van der Waals surface area (Å²) < 4.78 is 1.78. The molecule has 0 spiro atoms. The molecule has 2 aliphatic rings. The van der Waals surface area contributed by atoms with Crippen molar-refractivity contribution in [1.82, 2.24) is 19.6 Å². The van der Waals surface area contributed by atoms with E-state index in [1.807, 2.05) is 30.8 Å². The fraction of sp³-hybridized carbons (Fsp3) is 0.750. The van der Waals surface area contributed by atoms with E-state index in [1.165, 1.54) is 0 Å². The molecule has 1 saturated heterocycles. The standard InChI is InChI=1S/C20H32N4O2/c1-14(2)20(8-9-20)19(26)24-10-6-16(7-11-24)22(4)18(25)12-17-15(3)13-21-23(17)5/h13-14,16H,6-12H2,1-5H3. The van der Waals surface area contributed by atoms with E-state index in [0.717, 1.165) is 50.0 Å². The molecule has 0 atom stereocenters. The molecule has 0 N–H and O–H groups in total. The Labute approximate surface area is 156 Å². The number of aryl methyl sites for hydroxylation is 2. The molecule has 26 heavy (non-hydrogen) atoms. The number of piperidine rings is 1. The average molecular weight is 361 g/mol. The van der Waals surface area contributed by atoms with Crippen LogP contribution >= 0.6 is 0 Å². The maximum atomic E-state index is 12.9. The summed E-state index contributed by atoms with van der Waals surface area (Å²) in [4.78, 5) is 29.5. The van der Waals surface area contributed by atoms with Gasteiger partial charge in [0.25, 0.3) is 0 Å². The van der Waals surface area contributed by atoms with Crippen molar-refractivity contribution < 1.29 is 9.59 Å². The van der Waals surface area contributed by atoms with Crippen molar-refractivity contribution in [2.45, 2.75) is 58.9 Å². The van der Waals surface area contributed by atoms with Gasteiger partial charge in [-0.25, -0.2) is 0 Å². The van der Waals surface area contributed by atoms with Gasteiger partial charge in [0.1, 0.15) is 0 Å². The van der Waals surface area contributed by atoms with Crippen molar-refractivity contribution in [3.8, 4) is 0 Å². The quantitative estimate of drug-likeness (QED) is 0.808. The number of hydrogen-bond acceptors (Lipinski definition) is 3. The molecular weight excluding hydrogens is 328 g/mol. The first-order valence-corrected chi connectivity index (χ1v) is 9.79. The zero-order valence-corrected chi connectivity index (χ0v) is 16.8. The second-order valence-corrected chi connectivity index (χ2v) is 8.41. The molecule has 2 amide bonds. The lowest BCUT2D eigenvalue weighted by Gasteiger charge is -2.38. The Bertz CT molecular complexity index is 662. The molecule has 0 unspecified atom stereocenters. The summed E-state index contributed by atoms with van der Waals surface area (Å²) in [6.45, 7) is 7.83. The normalized spacial score (nSPS) is 19.7. The summed E-state index contributed by atoms with van der Waals surface area (Å²) in [6.07, 6.45) is 5.99. The van der Waals surface area contributed by atoms with E-state index in [4.69, 9.17) is 0 Å². The smallest absolute Gasteiger partial charge is 0.229 e. The van der Waals surface area contributed by atoms with Crippen molar-refractivity contribution in [2.24, 2.45) is 18.4 Å². The molecule has 1 saturated carbocycles. The van der Waals surface area contributed by atoms with Gasteiger partial charge in [-0.15, -0.1) is 0 Å². The van der Waals surface area contributed by atoms with Crippen LogP contribution in [0.4, 0.5) is 0 Å². The lowest BCUT2D eigenvalue weighted by molar-refractivity contribution is -0.141. The van der Waals surface area contributed by atoms with E-state index < -0.39 is 0 Å². The molecule has 1 aliphatic carbocycles. The Hall–Kier alpha value is -1.85. The van der Waals surface area contributed by atoms with Crippen molar-refractivity contribution in [1.29, 1.82) is 0 Å². The maximum absolute atomic E-state index is 12.9. The number of carbonyl (C=O) groups is 2. The molecule has 2 heterocycles. The average Bonchev–Trinajstić information content (AvgIpc) is 3.39. The Kier molecular flexibility index (Phi) is 5.13. The number of nitrogens with zero attached hydrogens (tertiary/aromatic N) is 4. The topological polar surface area (TPSA) is 58.4 Å². The van der Waals surface area contributed by atoms with Crippen LogP contribution in [-0.2, 0) is 23.1 Å². The van der Waals surface area contributed by atoms with Gasteiger partial charge in [-0.05, 0) is 44.1 Å². The maximum Gasteiger partial charge on any atom is 0.229 e. The first-order chi connectivity index (χ1) is 12.3. The number of likely N-dealkylation sites (tertiary alicyclic amines) is 1. The number of rotatable bonds is 5. The van der Waals surface area contributed by atoms with Crippen LogP contribution in [0.1, 0.15) is 50.8 Å². The molecule has 1 aromatic rings. The first kappa shape index (κ1) is 18.9. The number of hydrogen-bond donors (Lipinski definition) is 0. The Morgan fingerprint density at radius 3 is 2.38 bits per heavy atom. The lowest BCUT2D eigenvalue weighted by Crippen LogP contribution is -2.50. The van der Waals surface area contributed by atoms with E-state index in [0.29, 0.717) is 18.2 Å². The molecule has 1 aromatic heterocycles. The lowest BCUT2D eigenvalue weighted by atomic mass is 9.89. The third kappa shape index (κ3) is 3.38. The summed E-state index contributed by atoms with van der Waals surface area (Å²) in [5.41, 5.74) is 1.94. The molecule has 0 bridgehead atoms. The first-order valence-electron chi connectivity index (χ1n) is 9.79. The molecule has 6 heteroatoms. The predicted molar refractivity (Wildman–Crippen MR) is 101 cm³/mol. The Morgan fingerprint density at radius 2 is 1.92 bits per heavy atom. The van der Waals surface area contributed by atoms with Crippen LogP contribution in [0.25, 0.3) is 0 Å². The SMILES string of the molecule is Cc1cnn(C)c1CC(=O)N(C)C1CCN(C(=O)C2(C(C)C)CC2)CC1. The minimum absolute atomic E-state index is 0.0916. The second kappa shape index (κ2) is 7.05. The fourth-order valence-corrected chi connectivity index (χ4v) is 4.24. The van der Waals surface area contributed by atoms with Crippen LogP contribution in [0, 0.1) is 18.3 Å². The molecule has 2 fully saturated rings. The van der Waals surface area contributed by atoms with Gasteiger partial charge < -0.3 is 9.80 Å². The Morgan fingerprint density at radius 1 is 1.31 bits per heavy atom. The highest BCUT2D eigenvalue weighted by atomic mass is 16.2. The van der Waals surface area contributed by atoms with Gasteiger partial charge in [0.05, 0.1) is 23.7 Å². The van der Waals surface area contributed by atoms with Crippen LogP contribution in [0.15, 0.2) is 6.20 Å². The third-order valence-electron chi connectivity index (χ3n) is 6.60. The monoisotopic (exact) mass is 360 g/mol. The molecular formula is C20H32N4O2.